The van der Waals surface area contributed by atoms with E-state index in [9.17, 15) is 30.1 Å². The van der Waals surface area contributed by atoms with Crippen LogP contribution in [0.1, 0.15) is 104 Å². The molecule has 141 heavy (non-hydrogen) atoms. The van der Waals surface area contributed by atoms with Crippen LogP contribution in [0.25, 0.3) is 10.4 Å². The molecule has 1 aliphatic carbocycles. The summed E-state index contributed by atoms with van der Waals surface area (Å²) in [6, 6.07) is 99.5. The summed E-state index contributed by atoms with van der Waals surface area (Å²) in [4.78, 5) is 61.3. The molecule has 29 heteroatoms. The highest BCUT2D eigenvalue weighted by molar-refractivity contribution is 6.99. The normalized spacial score (nSPS) is 25.2. The fourth-order valence-corrected chi connectivity index (χ4v) is 23.0. The molecule has 740 valence electrons. The number of phenolic OH excluding ortho intramolecular Hbond substituents is 1. The summed E-state index contributed by atoms with van der Waals surface area (Å²) in [5, 5.41) is 29.3. The number of rotatable bonds is 47. The number of aliphatic hydroxyl groups is 1. The molecular weight excluding hydrogens is 1820 g/mol. The number of nitrogens with zero attached hydrogens (tertiary/aromatic N) is 3. The summed E-state index contributed by atoms with van der Waals surface area (Å²) in [6.45, 7) is 8.43. The van der Waals surface area contributed by atoms with Gasteiger partial charge >= 0.3 is 17.9 Å². The smallest absolute Gasteiger partial charge is 0.306 e. The van der Waals surface area contributed by atoms with Gasteiger partial charge in [0.05, 0.1) is 85.7 Å². The molecule has 0 unspecified atom stereocenters. The van der Waals surface area contributed by atoms with Gasteiger partial charge in [-0.15, -0.1) is 0 Å². The predicted molar refractivity (Wildman–Crippen MR) is 523 cm³/mol. The van der Waals surface area contributed by atoms with E-state index in [1.54, 1.807) is 12.1 Å². The molecule has 11 aromatic rings. The van der Waals surface area contributed by atoms with Crippen LogP contribution in [-0.4, -0.2) is 191 Å². The zero-order valence-electron chi connectivity index (χ0n) is 79.8. The molecule has 4 aliphatic rings. The van der Waals surface area contributed by atoms with Crippen LogP contribution < -0.4 is 10.4 Å². The summed E-state index contributed by atoms with van der Waals surface area (Å²) in [6.07, 6.45) is -30.7. The van der Waals surface area contributed by atoms with Gasteiger partial charge in [-0.3, -0.25) is 14.4 Å². The molecule has 11 aromatic carbocycles. The van der Waals surface area contributed by atoms with Gasteiger partial charge in [-0.1, -0.05) is 341 Å². The lowest BCUT2D eigenvalue weighted by Gasteiger charge is -2.53. The van der Waals surface area contributed by atoms with Crippen molar-refractivity contribution in [2.24, 2.45) is 5.11 Å². The zero-order valence-corrected chi connectivity index (χ0v) is 80.8. The highest BCUT2D eigenvalue weighted by Crippen LogP contribution is 2.45. The van der Waals surface area contributed by atoms with Crippen molar-refractivity contribution in [3.8, 4) is 5.75 Å². The molecule has 3 heterocycles. The van der Waals surface area contributed by atoms with Crippen LogP contribution in [0.3, 0.4) is 0 Å². The van der Waals surface area contributed by atoms with Crippen molar-refractivity contribution in [3.63, 3.8) is 0 Å². The molecule has 21 atom stereocenters. The maximum absolute atomic E-state index is 15.3. The van der Waals surface area contributed by atoms with E-state index in [2.05, 4.69) is 10.0 Å². The van der Waals surface area contributed by atoms with Crippen LogP contribution >= 0.6 is 0 Å². The van der Waals surface area contributed by atoms with Crippen molar-refractivity contribution < 1.29 is 119 Å². The maximum atomic E-state index is 15.3. The van der Waals surface area contributed by atoms with Crippen LogP contribution in [0.5, 0.6) is 5.75 Å². The molecule has 1 saturated carbocycles. The number of ketones is 1. The van der Waals surface area contributed by atoms with Gasteiger partial charge in [0.15, 0.2) is 37.2 Å². The number of ether oxygens (including phenoxy) is 18. The third-order valence-electron chi connectivity index (χ3n) is 25.1. The molecule has 28 nitrogen and oxygen atoms in total. The highest BCUT2D eigenvalue weighted by atomic mass is 28.4. The minimum absolute atomic E-state index is 0.000426. The number of carbonyl (C=O) groups is 4. The Hall–Kier alpha value is -11.9. The highest BCUT2D eigenvalue weighted by Gasteiger charge is 2.63. The van der Waals surface area contributed by atoms with Crippen molar-refractivity contribution in [1.82, 2.24) is 0 Å². The van der Waals surface area contributed by atoms with E-state index < -0.39 is 180 Å². The summed E-state index contributed by atoms with van der Waals surface area (Å²) in [5.41, 5.74) is 18.3. The Morgan fingerprint density at radius 3 is 1.06 bits per heavy atom. The van der Waals surface area contributed by atoms with Gasteiger partial charge in [0.25, 0.3) is 8.32 Å². The van der Waals surface area contributed by atoms with Gasteiger partial charge in [-0.05, 0) is 90.1 Å². The fourth-order valence-electron chi connectivity index (χ4n) is 18.3. The second-order valence-electron chi connectivity index (χ2n) is 36.4. The average Bonchev–Trinajstić information content (AvgIpc) is 0.727. The Morgan fingerprint density at radius 2 is 0.660 bits per heavy atom. The molecule has 3 saturated heterocycles. The number of hydrogen-bond donors (Lipinski definition) is 2. The minimum atomic E-state index is -4.09. The van der Waals surface area contributed by atoms with E-state index in [0.717, 1.165) is 49.3 Å². The van der Waals surface area contributed by atoms with E-state index in [4.69, 9.17) is 89.7 Å². The van der Waals surface area contributed by atoms with Crippen molar-refractivity contribution >= 4 is 42.4 Å². The Morgan fingerprint density at radius 1 is 0.333 bits per heavy atom. The Kier molecular flexibility index (Phi) is 38.0. The minimum Gasteiger partial charge on any atom is -0.508 e. The Bertz CT molecular complexity index is 5630. The molecule has 0 aromatic heterocycles. The van der Waals surface area contributed by atoms with E-state index in [1.807, 2.05) is 324 Å². The summed E-state index contributed by atoms with van der Waals surface area (Å²) >= 11 is 0. The first-order valence-corrected chi connectivity index (χ1v) is 49.6. The number of benzene rings is 11. The number of hydrogen-bond acceptors (Lipinski definition) is 26. The maximum Gasteiger partial charge on any atom is 0.306 e. The monoisotopic (exact) mass is 1940 g/mol. The van der Waals surface area contributed by atoms with Gasteiger partial charge in [0.2, 0.25) is 0 Å². The largest absolute Gasteiger partial charge is 0.508 e. The van der Waals surface area contributed by atoms with Crippen molar-refractivity contribution in [3.05, 3.63) is 388 Å². The van der Waals surface area contributed by atoms with Crippen LogP contribution in [0.4, 0.5) is 0 Å². The lowest BCUT2D eigenvalue weighted by atomic mass is 9.83. The van der Waals surface area contributed by atoms with Gasteiger partial charge < -0.3 is 105 Å². The van der Waals surface area contributed by atoms with Crippen molar-refractivity contribution in [2.45, 2.75) is 248 Å². The van der Waals surface area contributed by atoms with E-state index in [-0.39, 0.29) is 84.0 Å². The average molecular weight is 1940 g/mol. The first-order chi connectivity index (χ1) is 68.7. The molecular formula is C112H123N3O25Si. The Balaban J connectivity index is 0.897. The first-order valence-electron chi connectivity index (χ1n) is 47.7. The summed E-state index contributed by atoms with van der Waals surface area (Å²) in [5.74, 6) is -2.81. The van der Waals surface area contributed by atoms with Gasteiger partial charge in [-0.2, -0.15) is 0 Å². The molecule has 0 radical (unpaired) electrons. The van der Waals surface area contributed by atoms with Gasteiger partial charge in [-0.25, -0.2) is 0 Å². The predicted octanol–water partition coefficient (Wildman–Crippen LogP) is 16.3. The van der Waals surface area contributed by atoms with E-state index >= 15 is 4.79 Å². The van der Waals surface area contributed by atoms with E-state index in [0.29, 0.717) is 11.1 Å². The number of esters is 3. The molecule has 0 bridgehead atoms. The third kappa shape index (κ3) is 28.4. The van der Waals surface area contributed by atoms with Crippen LogP contribution in [-0.2, 0) is 168 Å². The van der Waals surface area contributed by atoms with Crippen LogP contribution in [0.2, 0.25) is 5.04 Å². The zero-order chi connectivity index (χ0) is 98.3. The first kappa shape index (κ1) is 103. The lowest BCUT2D eigenvalue weighted by Crippen LogP contribution is -2.73. The van der Waals surface area contributed by atoms with Gasteiger partial charge in [0.1, 0.15) is 103 Å². The quantitative estimate of drug-likeness (QED) is 0.00893. The lowest BCUT2D eigenvalue weighted by molar-refractivity contribution is -0.370. The summed E-state index contributed by atoms with van der Waals surface area (Å²) < 4.78 is 137. The molecule has 2 N–H and O–H groups in total. The number of phenols is 1. The van der Waals surface area contributed by atoms with E-state index in [1.165, 1.54) is 32.9 Å². The number of aromatic hydroxyl groups is 1. The third-order valence-corrected chi connectivity index (χ3v) is 30.1. The number of azide groups is 1. The topological polar surface area (TPSA) is 333 Å². The molecule has 3 aliphatic heterocycles. The standard InChI is InChI=1S/C112H123N3O25Si/c1-75(116)57-62-93(120)137-98-92(74-131-110-95(121)100(126-67-82-45-25-11-26-46-82)96(124-65-80-41-21-9-22-42-80)90(135-110)72-122-63-78-37-17-7-18-38-78)136-111(108(133-77(3)118)107(98)140-141(112(4,5)6,88-53-33-15-34-54-88)89-55-35-16-36-56-89)138-97-91(73-123-64-79-39-19-8-20-40-79)134-109(94(114-115-113)99(97)125-66-81-43-23-10-24-44-81)139-106-103(129-70-85-51-31-14-32-52-85)101(127-68-83-47-27-12-28-48-83)102(128-69-84-49-29-13-30-50-84)105(132-76(2)117)104(106)130-71-86-58-60-87(119)61-59-86/h7-56,58-61,90-92,94-111,119,121H,57,62-74H2,1-6H3/t90-,91-,92-,94+,95+,96-,97-,98-,99-,100-,101-,102-,103+,104-,105-,106-,107+,108+,109-,110+,111-/m1/s1. The molecule has 4 fully saturated rings. The second kappa shape index (κ2) is 51.7. The molecule has 0 amide bonds. The molecule has 0 spiro atoms. The van der Waals surface area contributed by atoms with Gasteiger partial charge in [0, 0.05) is 25.2 Å². The van der Waals surface area contributed by atoms with Crippen molar-refractivity contribution in [2.75, 3.05) is 19.8 Å². The SMILES string of the molecule is CC(=O)CCC(=O)O[C@H]1[C@H](O[Si](c2ccccc2)(c2ccccc2)C(C)(C)C)[C@H](OC(C)=O)[C@@H](O[C@H]2[C@H](OCc3ccccc3)[C@H](N=[N+]=[N-])[C@@H](O[C@H]3[C@H](OCc4ccc(O)cc4)[C@H](OC(C)=O)[C@H](OCc4ccccc4)[C@@H](OCc4ccccc4)[C@@H]3OCc3ccccc3)O[C@@H]2COCc2ccccc2)O[C@@H]1CO[C@H]1O[C@H](COCc2ccccc2)[C@@H](OCc2ccccc2)[C@H](OCc2ccccc2)[C@@H]1O. The van der Waals surface area contributed by atoms with Crippen LogP contribution in [0, 0.1) is 0 Å². The second-order valence-corrected chi connectivity index (χ2v) is 40.7. The fraction of sp³-hybridized carbons (Fsp3) is 0.375. The number of Topliss-reactive ketones (excluding diaryl/α,β-unsaturated/α-hetero) is 1. The van der Waals surface area contributed by atoms with Crippen LogP contribution in [0.15, 0.2) is 333 Å². The Labute approximate surface area is 823 Å². The van der Waals surface area contributed by atoms with Crippen molar-refractivity contribution in [1.29, 1.82) is 0 Å². The number of aliphatic hydroxyl groups excluding tert-OH is 1. The summed E-state index contributed by atoms with van der Waals surface area (Å²) in [7, 11) is -4.09. The number of carbonyl (C=O) groups excluding carboxylic acids is 4. The molecule has 15 rings (SSSR count).